The molecule has 26 heavy (non-hydrogen) atoms. The molecule has 0 atom stereocenters. The van der Waals surface area contributed by atoms with Crippen LogP contribution in [0.2, 0.25) is 0 Å². The molecule has 3 nitrogen and oxygen atoms in total. The fourth-order valence-electron chi connectivity index (χ4n) is 2.96. The monoisotopic (exact) mass is 362 g/mol. The Morgan fingerprint density at radius 1 is 1.27 bits per heavy atom. The second kappa shape index (κ2) is 7.40. The highest BCUT2D eigenvalue weighted by Gasteiger charge is 2.33. The van der Waals surface area contributed by atoms with E-state index >= 15 is 0 Å². The van der Waals surface area contributed by atoms with Gasteiger partial charge in [-0.1, -0.05) is 18.2 Å². The van der Waals surface area contributed by atoms with E-state index in [1.807, 2.05) is 22.9 Å². The molecule has 3 rings (SSSR count). The number of rotatable bonds is 7. The van der Waals surface area contributed by atoms with Crippen LogP contribution in [0.4, 0.5) is 13.2 Å². The van der Waals surface area contributed by atoms with E-state index in [-0.39, 0.29) is 11.8 Å². The zero-order valence-electron chi connectivity index (χ0n) is 14.4. The Hall–Kier alpha value is -2.50. The van der Waals surface area contributed by atoms with Crippen molar-refractivity contribution < 1.29 is 18.0 Å². The highest BCUT2D eigenvalue weighted by Crippen LogP contribution is 2.32. The molecule has 6 heteroatoms. The van der Waals surface area contributed by atoms with Crippen LogP contribution in [-0.2, 0) is 24.1 Å². The lowest BCUT2D eigenvalue weighted by molar-refractivity contribution is -0.137. The van der Waals surface area contributed by atoms with E-state index < -0.39 is 11.7 Å². The van der Waals surface area contributed by atoms with Crippen LogP contribution in [0.25, 0.3) is 0 Å². The first kappa shape index (κ1) is 18.3. The van der Waals surface area contributed by atoms with Gasteiger partial charge in [0, 0.05) is 30.9 Å². The van der Waals surface area contributed by atoms with E-state index in [0.717, 1.165) is 24.6 Å². The van der Waals surface area contributed by atoms with Crippen molar-refractivity contribution in [2.45, 2.75) is 32.1 Å². The number of amides is 1. The Kier molecular flexibility index (Phi) is 5.20. The van der Waals surface area contributed by atoms with Gasteiger partial charge in [-0.15, -0.1) is 6.58 Å². The summed E-state index contributed by atoms with van der Waals surface area (Å²) in [5, 5.41) is 0. The summed E-state index contributed by atoms with van der Waals surface area (Å²) in [6, 6.07) is 9.07. The number of halogens is 3. The summed E-state index contributed by atoms with van der Waals surface area (Å²) in [5.74, 6) is 0.235. The number of benzene rings is 1. The Balaban J connectivity index is 1.76. The molecule has 0 spiro atoms. The molecule has 1 heterocycles. The van der Waals surface area contributed by atoms with Gasteiger partial charge in [0.2, 0.25) is 5.91 Å². The van der Waals surface area contributed by atoms with E-state index in [1.54, 1.807) is 17.0 Å². The molecule has 1 aromatic heterocycles. The number of aromatic nitrogens is 1. The van der Waals surface area contributed by atoms with Gasteiger partial charge >= 0.3 is 6.18 Å². The summed E-state index contributed by atoms with van der Waals surface area (Å²) >= 11 is 0. The van der Waals surface area contributed by atoms with Crippen molar-refractivity contribution >= 4 is 5.91 Å². The van der Waals surface area contributed by atoms with Crippen molar-refractivity contribution in [3.05, 3.63) is 72.1 Å². The summed E-state index contributed by atoms with van der Waals surface area (Å²) in [6.07, 6.45) is 1.02. The summed E-state index contributed by atoms with van der Waals surface area (Å²) < 4.78 is 40.6. The summed E-state index contributed by atoms with van der Waals surface area (Å²) in [5.41, 5.74) is 0.806. The fourth-order valence-corrected chi connectivity index (χ4v) is 2.96. The SMILES string of the molecule is C=CCN(Cc1cccn1Cc1cccc(C(F)(F)F)c1)C(=O)C1CC1. The molecule has 138 valence electrons. The van der Waals surface area contributed by atoms with Gasteiger partial charge in [0.15, 0.2) is 0 Å². The van der Waals surface area contributed by atoms with Crippen molar-refractivity contribution in [2.75, 3.05) is 6.54 Å². The fraction of sp³-hybridized carbons (Fsp3) is 0.350. The average molecular weight is 362 g/mol. The predicted octanol–water partition coefficient (Wildman–Crippen LogP) is 4.48. The summed E-state index contributed by atoms with van der Waals surface area (Å²) in [7, 11) is 0. The van der Waals surface area contributed by atoms with E-state index in [2.05, 4.69) is 6.58 Å². The zero-order chi connectivity index (χ0) is 18.7. The normalized spacial score (nSPS) is 14.3. The van der Waals surface area contributed by atoms with Gasteiger partial charge in [-0.25, -0.2) is 0 Å². The van der Waals surface area contributed by atoms with E-state index in [0.29, 0.717) is 25.2 Å². The van der Waals surface area contributed by atoms with E-state index in [4.69, 9.17) is 0 Å². The molecule has 1 aromatic carbocycles. The number of alkyl halides is 3. The van der Waals surface area contributed by atoms with Crippen molar-refractivity contribution in [1.82, 2.24) is 9.47 Å². The quantitative estimate of drug-likeness (QED) is 0.667. The number of carbonyl (C=O) groups excluding carboxylic acids is 1. The largest absolute Gasteiger partial charge is 0.416 e. The summed E-state index contributed by atoms with van der Waals surface area (Å²) in [4.78, 5) is 14.1. The van der Waals surface area contributed by atoms with Crippen molar-refractivity contribution in [1.29, 1.82) is 0 Å². The van der Waals surface area contributed by atoms with Crippen LogP contribution < -0.4 is 0 Å². The van der Waals surface area contributed by atoms with Gasteiger partial charge < -0.3 is 9.47 Å². The van der Waals surface area contributed by atoms with E-state index in [1.165, 1.54) is 12.1 Å². The zero-order valence-corrected chi connectivity index (χ0v) is 14.4. The molecule has 0 saturated heterocycles. The molecule has 2 aromatic rings. The minimum Gasteiger partial charge on any atom is -0.345 e. The Labute approximate surface area is 150 Å². The smallest absolute Gasteiger partial charge is 0.345 e. The first-order valence-electron chi connectivity index (χ1n) is 8.58. The second-order valence-electron chi connectivity index (χ2n) is 6.61. The highest BCUT2D eigenvalue weighted by atomic mass is 19.4. The average Bonchev–Trinajstić information content (AvgIpc) is 3.36. The Bertz CT molecular complexity index is 790. The van der Waals surface area contributed by atoms with Gasteiger partial charge in [0.25, 0.3) is 0 Å². The van der Waals surface area contributed by atoms with Crippen LogP contribution >= 0.6 is 0 Å². The Morgan fingerprint density at radius 3 is 2.69 bits per heavy atom. The first-order chi connectivity index (χ1) is 12.4. The third kappa shape index (κ3) is 4.36. The molecule has 0 bridgehead atoms. The molecule has 1 saturated carbocycles. The third-order valence-electron chi connectivity index (χ3n) is 4.47. The van der Waals surface area contributed by atoms with Gasteiger partial charge in [0.1, 0.15) is 0 Å². The van der Waals surface area contributed by atoms with Crippen molar-refractivity contribution in [3.8, 4) is 0 Å². The van der Waals surface area contributed by atoms with Crippen LogP contribution in [0.3, 0.4) is 0 Å². The maximum Gasteiger partial charge on any atom is 0.416 e. The maximum absolute atomic E-state index is 12.9. The molecule has 1 aliphatic rings. The van der Waals surface area contributed by atoms with Gasteiger partial charge in [-0.05, 0) is 42.7 Å². The minimum atomic E-state index is -4.35. The summed E-state index contributed by atoms with van der Waals surface area (Å²) in [6.45, 7) is 4.92. The molecule has 0 unspecified atom stereocenters. The van der Waals surface area contributed by atoms with Crippen molar-refractivity contribution in [2.24, 2.45) is 5.92 Å². The number of nitrogens with zero attached hydrogens (tertiary/aromatic N) is 2. The van der Waals surface area contributed by atoms with Gasteiger partial charge in [0.05, 0.1) is 12.1 Å². The second-order valence-corrected chi connectivity index (χ2v) is 6.61. The highest BCUT2D eigenvalue weighted by molar-refractivity contribution is 5.81. The maximum atomic E-state index is 12.9. The van der Waals surface area contributed by atoms with E-state index in [9.17, 15) is 18.0 Å². The van der Waals surface area contributed by atoms with Gasteiger partial charge in [-0.3, -0.25) is 4.79 Å². The van der Waals surface area contributed by atoms with Crippen molar-refractivity contribution in [3.63, 3.8) is 0 Å². The molecular weight excluding hydrogens is 341 g/mol. The van der Waals surface area contributed by atoms with Gasteiger partial charge in [-0.2, -0.15) is 13.2 Å². The molecule has 0 N–H and O–H groups in total. The minimum absolute atomic E-state index is 0.113. The van der Waals surface area contributed by atoms with Crippen LogP contribution in [0, 0.1) is 5.92 Å². The third-order valence-corrected chi connectivity index (χ3v) is 4.47. The molecule has 0 aliphatic heterocycles. The number of hydrogen-bond donors (Lipinski definition) is 0. The first-order valence-corrected chi connectivity index (χ1v) is 8.58. The standard InChI is InChI=1S/C20H21F3N2O/c1-2-10-25(19(26)16-8-9-16)14-18-7-4-11-24(18)13-15-5-3-6-17(12-15)20(21,22)23/h2-7,11-12,16H,1,8-10,13-14H2. The number of hydrogen-bond acceptors (Lipinski definition) is 1. The van der Waals surface area contributed by atoms with Crippen LogP contribution in [-0.4, -0.2) is 21.9 Å². The van der Waals surface area contributed by atoms with Crippen LogP contribution in [0.15, 0.2) is 55.3 Å². The molecule has 1 amide bonds. The van der Waals surface area contributed by atoms with Crippen LogP contribution in [0.1, 0.15) is 29.7 Å². The predicted molar refractivity (Wildman–Crippen MR) is 93.3 cm³/mol. The topological polar surface area (TPSA) is 25.2 Å². The molecule has 0 radical (unpaired) electrons. The molecule has 1 fully saturated rings. The molecule has 1 aliphatic carbocycles. The lowest BCUT2D eigenvalue weighted by Crippen LogP contribution is -2.32. The molecular formula is C20H21F3N2O. The van der Waals surface area contributed by atoms with Crippen LogP contribution in [0.5, 0.6) is 0 Å². The Morgan fingerprint density at radius 2 is 2.04 bits per heavy atom. The lowest BCUT2D eigenvalue weighted by Gasteiger charge is -2.22. The lowest BCUT2D eigenvalue weighted by atomic mass is 10.1. The number of carbonyl (C=O) groups is 1.